The van der Waals surface area contributed by atoms with Crippen LogP contribution in [-0.2, 0) is 6.42 Å². The van der Waals surface area contributed by atoms with E-state index in [1.54, 1.807) is 23.5 Å². The summed E-state index contributed by atoms with van der Waals surface area (Å²) >= 11 is 1.72. The minimum absolute atomic E-state index is 0.203. The summed E-state index contributed by atoms with van der Waals surface area (Å²) in [6.45, 7) is 0. The molecule has 1 N–H and O–H groups in total. The first-order valence-corrected chi connectivity index (χ1v) is 7.12. The molecule has 0 radical (unpaired) electrons. The highest BCUT2D eigenvalue weighted by Crippen LogP contribution is 2.25. The topological polar surface area (TPSA) is 29.5 Å². The summed E-state index contributed by atoms with van der Waals surface area (Å²) in [4.78, 5) is 1.31. The second kappa shape index (κ2) is 6.68. The van der Waals surface area contributed by atoms with Crippen LogP contribution in [0.5, 0.6) is 5.75 Å². The summed E-state index contributed by atoms with van der Waals surface area (Å²) in [5.41, 5.74) is 0.601. The molecule has 0 spiro atoms. The lowest BCUT2D eigenvalue weighted by molar-refractivity contribution is 0.164. The molecular weight excluding hydrogens is 263 g/mol. The Kier molecular flexibility index (Phi) is 4.93. The van der Waals surface area contributed by atoms with E-state index in [4.69, 9.17) is 4.74 Å². The fraction of sp³-hybridized carbons (Fsp3) is 0.333. The number of hydrogen-bond acceptors (Lipinski definition) is 3. The molecule has 2 rings (SSSR count). The maximum atomic E-state index is 13.5. The van der Waals surface area contributed by atoms with Gasteiger partial charge in [0, 0.05) is 4.88 Å². The van der Waals surface area contributed by atoms with Crippen LogP contribution < -0.4 is 4.74 Å². The number of thiophene rings is 1. The van der Waals surface area contributed by atoms with E-state index in [2.05, 4.69) is 6.07 Å². The zero-order valence-corrected chi connectivity index (χ0v) is 11.6. The van der Waals surface area contributed by atoms with Crippen molar-refractivity contribution in [2.75, 3.05) is 7.11 Å². The Morgan fingerprint density at radius 2 is 2.21 bits per heavy atom. The van der Waals surface area contributed by atoms with Crippen molar-refractivity contribution in [1.82, 2.24) is 0 Å². The second-order valence-corrected chi connectivity index (χ2v) is 5.41. The number of methoxy groups -OCH3 is 1. The van der Waals surface area contributed by atoms with Gasteiger partial charge in [-0.1, -0.05) is 12.1 Å². The molecular formula is C15H17FO2S. The van der Waals surface area contributed by atoms with Gasteiger partial charge in [-0.15, -0.1) is 11.3 Å². The molecule has 0 saturated carbocycles. The van der Waals surface area contributed by atoms with Crippen molar-refractivity contribution in [3.63, 3.8) is 0 Å². The molecule has 4 heteroatoms. The normalized spacial score (nSPS) is 12.4. The summed E-state index contributed by atoms with van der Waals surface area (Å²) < 4.78 is 18.4. The Labute approximate surface area is 116 Å². The molecule has 0 amide bonds. The fourth-order valence-electron chi connectivity index (χ4n) is 1.98. The van der Waals surface area contributed by atoms with Gasteiger partial charge in [-0.2, -0.15) is 0 Å². The molecule has 1 atom stereocenters. The van der Waals surface area contributed by atoms with E-state index in [1.807, 2.05) is 11.4 Å². The number of benzene rings is 1. The lowest BCUT2D eigenvalue weighted by Crippen LogP contribution is -2.00. The van der Waals surface area contributed by atoms with E-state index in [0.29, 0.717) is 12.0 Å². The van der Waals surface area contributed by atoms with Crippen molar-refractivity contribution in [1.29, 1.82) is 0 Å². The van der Waals surface area contributed by atoms with Crippen LogP contribution in [0.4, 0.5) is 4.39 Å². The van der Waals surface area contributed by atoms with Gasteiger partial charge in [0.05, 0.1) is 13.2 Å². The van der Waals surface area contributed by atoms with Crippen molar-refractivity contribution >= 4 is 11.3 Å². The summed E-state index contributed by atoms with van der Waals surface area (Å²) in [7, 11) is 1.43. The summed E-state index contributed by atoms with van der Waals surface area (Å²) in [5, 5.41) is 12.1. The number of rotatable bonds is 6. The first-order chi connectivity index (χ1) is 9.20. The van der Waals surface area contributed by atoms with Crippen molar-refractivity contribution in [2.24, 2.45) is 0 Å². The Morgan fingerprint density at radius 3 is 2.84 bits per heavy atom. The highest BCUT2D eigenvalue weighted by Gasteiger charge is 2.11. The highest BCUT2D eigenvalue weighted by atomic mass is 32.1. The van der Waals surface area contributed by atoms with Crippen LogP contribution in [-0.4, -0.2) is 12.2 Å². The molecule has 1 aromatic heterocycles. The Balaban J connectivity index is 1.88. The maximum absolute atomic E-state index is 13.5. The highest BCUT2D eigenvalue weighted by molar-refractivity contribution is 7.09. The molecule has 19 heavy (non-hydrogen) atoms. The zero-order chi connectivity index (χ0) is 13.7. The van der Waals surface area contributed by atoms with Gasteiger partial charge in [-0.3, -0.25) is 0 Å². The van der Waals surface area contributed by atoms with Crippen LogP contribution in [0, 0.1) is 5.82 Å². The standard InChI is InChI=1S/C15H17FO2S/c1-18-15-8-7-11(10-13(15)16)14(17)6-2-4-12-5-3-9-19-12/h3,5,7-10,14,17H,2,4,6H2,1H3. The monoisotopic (exact) mass is 280 g/mol. The molecule has 2 aromatic rings. The third-order valence-corrected chi connectivity index (χ3v) is 3.98. The summed E-state index contributed by atoms with van der Waals surface area (Å²) in [6.07, 6.45) is 1.84. The summed E-state index contributed by atoms with van der Waals surface area (Å²) in [5.74, 6) is -0.230. The van der Waals surface area contributed by atoms with Gasteiger partial charge in [0.1, 0.15) is 0 Å². The molecule has 0 aliphatic heterocycles. The van der Waals surface area contributed by atoms with E-state index in [1.165, 1.54) is 18.1 Å². The second-order valence-electron chi connectivity index (χ2n) is 4.38. The van der Waals surface area contributed by atoms with Crippen LogP contribution in [0.3, 0.4) is 0 Å². The first kappa shape index (κ1) is 14.0. The van der Waals surface area contributed by atoms with Crippen LogP contribution in [0.15, 0.2) is 35.7 Å². The average Bonchev–Trinajstić information content (AvgIpc) is 2.91. The maximum Gasteiger partial charge on any atom is 0.165 e. The molecule has 0 aliphatic carbocycles. The van der Waals surface area contributed by atoms with Gasteiger partial charge in [0.2, 0.25) is 0 Å². The van der Waals surface area contributed by atoms with Crippen molar-refractivity contribution in [3.05, 3.63) is 52.0 Å². The summed E-state index contributed by atoms with van der Waals surface area (Å²) in [6, 6.07) is 8.71. The molecule has 2 nitrogen and oxygen atoms in total. The van der Waals surface area contributed by atoms with Crippen LogP contribution >= 0.6 is 11.3 Å². The van der Waals surface area contributed by atoms with E-state index >= 15 is 0 Å². The van der Waals surface area contributed by atoms with E-state index < -0.39 is 11.9 Å². The lowest BCUT2D eigenvalue weighted by Gasteiger charge is -2.12. The smallest absolute Gasteiger partial charge is 0.165 e. The molecule has 1 aromatic carbocycles. The van der Waals surface area contributed by atoms with E-state index in [0.717, 1.165) is 12.8 Å². The number of aryl methyl sites for hydroxylation is 1. The number of ether oxygens (including phenoxy) is 1. The number of aliphatic hydroxyl groups excluding tert-OH is 1. The molecule has 0 bridgehead atoms. The molecule has 0 fully saturated rings. The quantitative estimate of drug-likeness (QED) is 0.868. The van der Waals surface area contributed by atoms with Crippen molar-refractivity contribution < 1.29 is 14.2 Å². The number of hydrogen-bond donors (Lipinski definition) is 1. The third kappa shape index (κ3) is 3.78. The minimum atomic E-state index is -0.625. The first-order valence-electron chi connectivity index (χ1n) is 6.24. The SMILES string of the molecule is COc1ccc(C(O)CCCc2cccs2)cc1F. The van der Waals surface area contributed by atoms with E-state index in [9.17, 15) is 9.50 Å². The van der Waals surface area contributed by atoms with Crippen LogP contribution in [0.25, 0.3) is 0 Å². The largest absolute Gasteiger partial charge is 0.494 e. The molecule has 1 heterocycles. The van der Waals surface area contributed by atoms with Gasteiger partial charge in [0.15, 0.2) is 11.6 Å². The Hall–Kier alpha value is -1.39. The Bertz CT molecular complexity index is 511. The van der Waals surface area contributed by atoms with E-state index in [-0.39, 0.29) is 5.75 Å². The molecule has 0 aliphatic rings. The van der Waals surface area contributed by atoms with Gasteiger partial charge in [-0.25, -0.2) is 4.39 Å². The Morgan fingerprint density at radius 1 is 1.37 bits per heavy atom. The number of halogens is 1. The van der Waals surface area contributed by atoms with Gasteiger partial charge < -0.3 is 9.84 Å². The van der Waals surface area contributed by atoms with Crippen molar-refractivity contribution in [2.45, 2.75) is 25.4 Å². The lowest BCUT2D eigenvalue weighted by atomic mass is 10.0. The van der Waals surface area contributed by atoms with Crippen LogP contribution in [0.2, 0.25) is 0 Å². The molecule has 0 saturated heterocycles. The molecule has 1 unspecified atom stereocenters. The predicted molar refractivity (Wildman–Crippen MR) is 75.2 cm³/mol. The predicted octanol–water partition coefficient (Wildman–Crippen LogP) is 3.95. The third-order valence-electron chi connectivity index (χ3n) is 3.04. The van der Waals surface area contributed by atoms with Crippen molar-refractivity contribution in [3.8, 4) is 5.75 Å². The minimum Gasteiger partial charge on any atom is -0.494 e. The van der Waals surface area contributed by atoms with Crippen LogP contribution in [0.1, 0.15) is 29.4 Å². The fourth-order valence-corrected chi connectivity index (χ4v) is 2.73. The number of aliphatic hydroxyl groups is 1. The average molecular weight is 280 g/mol. The van der Waals surface area contributed by atoms with Gasteiger partial charge >= 0.3 is 0 Å². The molecule has 102 valence electrons. The van der Waals surface area contributed by atoms with Gasteiger partial charge in [0.25, 0.3) is 0 Å². The zero-order valence-electron chi connectivity index (χ0n) is 10.8. The van der Waals surface area contributed by atoms with Gasteiger partial charge in [-0.05, 0) is 48.4 Å².